The molecule has 0 unspecified atom stereocenters. The van der Waals surface area contributed by atoms with E-state index in [0.29, 0.717) is 17.8 Å². The van der Waals surface area contributed by atoms with Gasteiger partial charge in [0.2, 0.25) is 0 Å². The number of hydrogen-bond acceptors (Lipinski definition) is 6. The molecular formula is C15H16ClNO5S2. The maximum absolute atomic E-state index is 12.2. The minimum Gasteiger partial charge on any atom is -0.495 e. The molecule has 1 amide bonds. The number of methoxy groups -OCH3 is 1. The minimum atomic E-state index is -3.99. The van der Waals surface area contributed by atoms with Gasteiger partial charge in [-0.3, -0.25) is 8.98 Å². The zero-order chi connectivity index (χ0) is 17.6. The van der Waals surface area contributed by atoms with Gasteiger partial charge in [-0.05, 0) is 36.1 Å². The Morgan fingerprint density at radius 2 is 2.12 bits per heavy atom. The molecule has 2 rings (SSSR count). The van der Waals surface area contributed by atoms with Crippen molar-refractivity contribution in [3.05, 3.63) is 45.6 Å². The zero-order valence-electron chi connectivity index (χ0n) is 12.8. The highest BCUT2D eigenvalue weighted by atomic mass is 35.5. The fourth-order valence-corrected chi connectivity index (χ4v) is 3.86. The summed E-state index contributed by atoms with van der Waals surface area (Å²) < 4.78 is 34.4. The van der Waals surface area contributed by atoms with Crippen molar-refractivity contribution in [2.24, 2.45) is 0 Å². The third kappa shape index (κ3) is 4.94. The summed E-state index contributed by atoms with van der Waals surface area (Å²) in [6.07, 6.45) is 0.346. The molecule has 130 valence electrons. The molecule has 24 heavy (non-hydrogen) atoms. The lowest BCUT2D eigenvalue weighted by molar-refractivity contribution is 0.0956. The van der Waals surface area contributed by atoms with Gasteiger partial charge in [-0.15, -0.1) is 11.3 Å². The molecule has 1 heterocycles. The van der Waals surface area contributed by atoms with Crippen molar-refractivity contribution < 1.29 is 22.1 Å². The van der Waals surface area contributed by atoms with Gasteiger partial charge in [-0.2, -0.15) is 8.42 Å². The van der Waals surface area contributed by atoms with Crippen LogP contribution in [-0.4, -0.2) is 34.6 Å². The second kappa shape index (κ2) is 8.48. The molecule has 6 nitrogen and oxygen atoms in total. The van der Waals surface area contributed by atoms with Crippen LogP contribution in [0.3, 0.4) is 0 Å². The second-order valence-electron chi connectivity index (χ2n) is 4.66. The third-order valence-corrected chi connectivity index (χ3v) is 5.42. The quantitative estimate of drug-likeness (QED) is 0.554. The van der Waals surface area contributed by atoms with E-state index < -0.39 is 10.1 Å². The largest absolute Gasteiger partial charge is 0.495 e. The van der Waals surface area contributed by atoms with Crippen molar-refractivity contribution in [2.45, 2.75) is 11.3 Å². The van der Waals surface area contributed by atoms with Crippen LogP contribution in [0.15, 0.2) is 40.6 Å². The predicted octanol–water partition coefficient (Wildman–Crippen LogP) is 2.94. The van der Waals surface area contributed by atoms with E-state index in [-0.39, 0.29) is 28.2 Å². The number of halogens is 1. The molecule has 0 radical (unpaired) electrons. The van der Waals surface area contributed by atoms with Gasteiger partial charge in [0.1, 0.15) is 10.6 Å². The van der Waals surface area contributed by atoms with Gasteiger partial charge in [-0.25, -0.2) is 0 Å². The van der Waals surface area contributed by atoms with Crippen LogP contribution in [0.1, 0.15) is 16.1 Å². The summed E-state index contributed by atoms with van der Waals surface area (Å²) in [5.74, 6) is -0.0326. The molecule has 0 saturated carbocycles. The topological polar surface area (TPSA) is 81.7 Å². The standard InChI is InChI=1S/C15H16ClNO5S2/c1-21-12-6-5-11(16)10-14(12)24(19,20)22-8-3-7-17-15(18)13-4-2-9-23-13/h2,4-6,9-10H,3,7-8H2,1H3,(H,17,18). The van der Waals surface area contributed by atoms with Crippen molar-refractivity contribution in [1.82, 2.24) is 5.32 Å². The van der Waals surface area contributed by atoms with E-state index in [1.165, 1.54) is 36.6 Å². The van der Waals surface area contributed by atoms with Crippen LogP contribution >= 0.6 is 22.9 Å². The fraction of sp³-hybridized carbons (Fsp3) is 0.267. The van der Waals surface area contributed by atoms with Crippen molar-refractivity contribution >= 4 is 39.0 Å². The number of ether oxygens (including phenoxy) is 1. The molecule has 0 aliphatic carbocycles. The number of amides is 1. The summed E-state index contributed by atoms with van der Waals surface area (Å²) in [5, 5.41) is 4.77. The molecule has 0 atom stereocenters. The first-order valence-electron chi connectivity index (χ1n) is 6.99. The molecular weight excluding hydrogens is 374 g/mol. The number of hydrogen-bond donors (Lipinski definition) is 1. The summed E-state index contributed by atoms with van der Waals surface area (Å²) >= 11 is 7.16. The Balaban J connectivity index is 1.85. The Kier molecular flexibility index (Phi) is 6.61. The Morgan fingerprint density at radius 1 is 1.33 bits per heavy atom. The average Bonchev–Trinajstić information content (AvgIpc) is 3.09. The summed E-state index contributed by atoms with van der Waals surface area (Å²) in [6, 6.07) is 7.76. The first-order valence-corrected chi connectivity index (χ1v) is 9.65. The maximum Gasteiger partial charge on any atom is 0.300 e. The summed E-state index contributed by atoms with van der Waals surface area (Å²) in [5.41, 5.74) is 0. The van der Waals surface area contributed by atoms with Gasteiger partial charge in [0.25, 0.3) is 5.91 Å². The Morgan fingerprint density at radius 3 is 2.79 bits per heavy atom. The predicted molar refractivity (Wildman–Crippen MR) is 92.4 cm³/mol. The van der Waals surface area contributed by atoms with Gasteiger partial charge in [-0.1, -0.05) is 17.7 Å². The highest BCUT2D eigenvalue weighted by Gasteiger charge is 2.21. The van der Waals surface area contributed by atoms with Crippen LogP contribution in [0.4, 0.5) is 0 Å². The maximum atomic E-state index is 12.2. The van der Waals surface area contributed by atoms with Crippen LogP contribution in [0, 0.1) is 0 Å². The van der Waals surface area contributed by atoms with Crippen LogP contribution in [0.25, 0.3) is 0 Å². The third-order valence-electron chi connectivity index (χ3n) is 2.99. The average molecular weight is 390 g/mol. The first-order chi connectivity index (χ1) is 11.4. The van der Waals surface area contributed by atoms with E-state index >= 15 is 0 Å². The number of carbonyl (C=O) groups is 1. The van der Waals surface area contributed by atoms with E-state index in [0.717, 1.165) is 0 Å². The number of nitrogens with one attached hydrogen (secondary N) is 1. The monoisotopic (exact) mass is 389 g/mol. The van der Waals surface area contributed by atoms with Gasteiger partial charge in [0.05, 0.1) is 18.6 Å². The lowest BCUT2D eigenvalue weighted by Gasteiger charge is -2.10. The van der Waals surface area contributed by atoms with E-state index in [4.69, 9.17) is 20.5 Å². The summed E-state index contributed by atoms with van der Waals surface area (Å²) in [7, 11) is -2.63. The molecule has 2 aromatic rings. The number of rotatable bonds is 8. The van der Waals surface area contributed by atoms with Crippen LogP contribution in [-0.2, 0) is 14.3 Å². The molecule has 0 spiro atoms. The molecule has 9 heteroatoms. The van der Waals surface area contributed by atoms with Crippen LogP contribution < -0.4 is 10.1 Å². The van der Waals surface area contributed by atoms with Crippen molar-refractivity contribution in [1.29, 1.82) is 0 Å². The molecule has 1 aromatic carbocycles. The number of benzene rings is 1. The Labute approximate surface area is 149 Å². The zero-order valence-corrected chi connectivity index (χ0v) is 15.2. The van der Waals surface area contributed by atoms with E-state index in [1.807, 2.05) is 5.38 Å². The van der Waals surface area contributed by atoms with Gasteiger partial charge >= 0.3 is 10.1 Å². The summed E-state index contributed by atoms with van der Waals surface area (Å²) in [6.45, 7) is 0.238. The Bertz CT molecular complexity index is 790. The minimum absolute atomic E-state index is 0.0667. The van der Waals surface area contributed by atoms with E-state index in [1.54, 1.807) is 12.1 Å². The van der Waals surface area contributed by atoms with Crippen molar-refractivity contribution in [2.75, 3.05) is 20.3 Å². The van der Waals surface area contributed by atoms with E-state index in [2.05, 4.69) is 5.32 Å². The second-order valence-corrected chi connectivity index (χ2v) is 7.63. The SMILES string of the molecule is COc1ccc(Cl)cc1S(=O)(=O)OCCCNC(=O)c1cccs1. The van der Waals surface area contributed by atoms with E-state index in [9.17, 15) is 13.2 Å². The first kappa shape index (κ1) is 18.7. The van der Waals surface area contributed by atoms with Gasteiger partial charge in [0.15, 0.2) is 0 Å². The lowest BCUT2D eigenvalue weighted by Crippen LogP contribution is -2.24. The van der Waals surface area contributed by atoms with Crippen LogP contribution in [0.2, 0.25) is 5.02 Å². The smallest absolute Gasteiger partial charge is 0.300 e. The molecule has 0 aliphatic heterocycles. The number of thiophene rings is 1. The van der Waals surface area contributed by atoms with Crippen LogP contribution in [0.5, 0.6) is 5.75 Å². The van der Waals surface area contributed by atoms with Crippen molar-refractivity contribution in [3.8, 4) is 5.75 Å². The fourth-order valence-electron chi connectivity index (χ4n) is 1.85. The lowest BCUT2D eigenvalue weighted by atomic mass is 10.3. The van der Waals surface area contributed by atoms with Gasteiger partial charge < -0.3 is 10.1 Å². The Hall–Kier alpha value is -1.61. The van der Waals surface area contributed by atoms with Gasteiger partial charge in [0, 0.05) is 11.6 Å². The molecule has 0 aliphatic rings. The highest BCUT2D eigenvalue weighted by molar-refractivity contribution is 7.86. The molecule has 1 aromatic heterocycles. The molecule has 0 saturated heterocycles. The molecule has 1 N–H and O–H groups in total. The molecule has 0 fully saturated rings. The highest BCUT2D eigenvalue weighted by Crippen LogP contribution is 2.28. The molecule has 0 bridgehead atoms. The number of carbonyl (C=O) groups excluding carboxylic acids is 1. The normalized spacial score (nSPS) is 11.2. The van der Waals surface area contributed by atoms with Crippen molar-refractivity contribution in [3.63, 3.8) is 0 Å². The summed E-state index contributed by atoms with van der Waals surface area (Å²) in [4.78, 5) is 12.2.